The molecule has 0 bridgehead atoms. The molecule has 0 radical (unpaired) electrons. The van der Waals surface area contributed by atoms with Gasteiger partial charge in [0.05, 0.1) is 19.2 Å². The number of nitrogens with zero attached hydrogens (tertiary/aromatic N) is 1. The summed E-state index contributed by atoms with van der Waals surface area (Å²) in [6.07, 6.45) is -0.0322. The van der Waals surface area contributed by atoms with Crippen molar-refractivity contribution in [2.45, 2.75) is 19.4 Å². The third-order valence-corrected chi connectivity index (χ3v) is 2.83. The molecule has 0 spiro atoms. The van der Waals surface area contributed by atoms with Crippen LogP contribution in [0, 0.1) is 0 Å². The van der Waals surface area contributed by atoms with Crippen LogP contribution in [0.4, 0.5) is 4.79 Å². The van der Waals surface area contributed by atoms with Crippen LogP contribution in [0.3, 0.4) is 0 Å². The van der Waals surface area contributed by atoms with Gasteiger partial charge in [-0.05, 0) is 12.5 Å². The molecule has 1 heterocycles. The lowest BCUT2D eigenvalue weighted by Gasteiger charge is -2.23. The van der Waals surface area contributed by atoms with Crippen LogP contribution in [0.1, 0.15) is 24.9 Å². The molecule has 1 aliphatic heterocycles. The van der Waals surface area contributed by atoms with E-state index in [-0.39, 0.29) is 18.4 Å². The lowest BCUT2D eigenvalue weighted by atomic mass is 10.0. The predicted octanol–water partition coefficient (Wildman–Crippen LogP) is 2.16. The number of Topliss-reactive ketones (excluding diaryl/α,β-unsaturated/α-hetero) is 1. The molecule has 4 heteroatoms. The maximum absolute atomic E-state index is 11.7. The summed E-state index contributed by atoms with van der Waals surface area (Å²) in [5, 5.41) is 0. The zero-order valence-corrected chi connectivity index (χ0v) is 9.76. The van der Waals surface area contributed by atoms with E-state index in [2.05, 4.69) is 0 Å². The molecular weight excluding hydrogens is 218 g/mol. The molecule has 1 aliphatic rings. The Bertz CT molecular complexity index is 416. The summed E-state index contributed by atoms with van der Waals surface area (Å²) < 4.78 is 4.96. The fraction of sp³-hybridized carbons (Fsp3) is 0.385. The van der Waals surface area contributed by atoms with Crippen LogP contribution in [0.5, 0.6) is 0 Å². The third-order valence-electron chi connectivity index (χ3n) is 2.83. The Morgan fingerprint density at radius 3 is 2.76 bits per heavy atom. The molecule has 0 N–H and O–H groups in total. The summed E-state index contributed by atoms with van der Waals surface area (Å²) >= 11 is 0. The van der Waals surface area contributed by atoms with Crippen molar-refractivity contribution in [1.29, 1.82) is 0 Å². The summed E-state index contributed by atoms with van der Waals surface area (Å²) in [6.45, 7) is 2.23. The summed E-state index contributed by atoms with van der Waals surface area (Å²) in [5.41, 5.74) is 0.978. The molecule has 0 aliphatic carbocycles. The van der Waals surface area contributed by atoms with Gasteiger partial charge in [0.1, 0.15) is 0 Å². The van der Waals surface area contributed by atoms with Crippen LogP contribution in [-0.2, 0) is 9.53 Å². The van der Waals surface area contributed by atoms with Gasteiger partial charge in [0, 0.05) is 6.42 Å². The Kier molecular flexibility index (Phi) is 3.42. The van der Waals surface area contributed by atoms with Crippen molar-refractivity contribution in [3.8, 4) is 0 Å². The Balaban J connectivity index is 2.20. The van der Waals surface area contributed by atoms with Gasteiger partial charge in [-0.25, -0.2) is 4.79 Å². The Hall–Kier alpha value is -1.84. The van der Waals surface area contributed by atoms with E-state index in [9.17, 15) is 9.59 Å². The Labute approximate surface area is 100 Å². The molecule has 4 nitrogen and oxygen atoms in total. The van der Waals surface area contributed by atoms with Crippen molar-refractivity contribution in [3.05, 3.63) is 35.9 Å². The first-order chi connectivity index (χ1) is 8.22. The minimum absolute atomic E-state index is 0.0758. The SMILES string of the molecule is CCOC(=O)N1CC(=O)C[C@@H]1c1ccccc1. The molecule has 1 fully saturated rings. The molecule has 0 saturated carbocycles. The second kappa shape index (κ2) is 4.99. The molecule has 17 heavy (non-hydrogen) atoms. The highest BCUT2D eigenvalue weighted by Gasteiger charge is 2.35. The number of ether oxygens (including phenoxy) is 1. The molecule has 0 unspecified atom stereocenters. The van der Waals surface area contributed by atoms with Gasteiger partial charge in [0.25, 0.3) is 0 Å². The summed E-state index contributed by atoms with van der Waals surface area (Å²) in [4.78, 5) is 24.7. The van der Waals surface area contributed by atoms with Crippen molar-refractivity contribution in [2.24, 2.45) is 0 Å². The predicted molar refractivity (Wildman–Crippen MR) is 62.5 cm³/mol. The summed E-state index contributed by atoms with van der Waals surface area (Å²) in [7, 11) is 0. The first kappa shape index (κ1) is 11.6. The number of benzene rings is 1. The van der Waals surface area contributed by atoms with Gasteiger partial charge >= 0.3 is 6.09 Å². The number of ketones is 1. The highest BCUT2D eigenvalue weighted by atomic mass is 16.6. The van der Waals surface area contributed by atoms with E-state index >= 15 is 0 Å². The average Bonchev–Trinajstić information content (AvgIpc) is 2.73. The van der Waals surface area contributed by atoms with Crippen LogP contribution in [0.2, 0.25) is 0 Å². The van der Waals surface area contributed by atoms with Gasteiger partial charge in [-0.2, -0.15) is 0 Å². The zero-order valence-electron chi connectivity index (χ0n) is 9.76. The second-order valence-corrected chi connectivity index (χ2v) is 4.00. The van der Waals surface area contributed by atoms with Crippen LogP contribution in [0.25, 0.3) is 0 Å². The normalized spacial score (nSPS) is 19.5. The highest BCUT2D eigenvalue weighted by molar-refractivity contribution is 5.88. The molecule has 1 aromatic carbocycles. The Morgan fingerprint density at radius 1 is 1.41 bits per heavy atom. The average molecular weight is 233 g/mol. The number of carbonyl (C=O) groups excluding carboxylic acids is 2. The highest BCUT2D eigenvalue weighted by Crippen LogP contribution is 2.30. The quantitative estimate of drug-likeness (QED) is 0.786. The topological polar surface area (TPSA) is 46.6 Å². The lowest BCUT2D eigenvalue weighted by Crippen LogP contribution is -2.31. The molecule has 1 amide bonds. The molecule has 2 rings (SSSR count). The molecule has 90 valence electrons. The number of likely N-dealkylation sites (tertiary alicyclic amines) is 1. The number of hydrogen-bond donors (Lipinski definition) is 0. The second-order valence-electron chi connectivity index (χ2n) is 4.00. The van der Waals surface area contributed by atoms with E-state index in [1.807, 2.05) is 30.3 Å². The van der Waals surface area contributed by atoms with E-state index in [4.69, 9.17) is 4.74 Å². The van der Waals surface area contributed by atoms with Crippen LogP contribution in [-0.4, -0.2) is 29.9 Å². The largest absolute Gasteiger partial charge is 0.450 e. The van der Waals surface area contributed by atoms with Crippen LogP contribution in [0.15, 0.2) is 30.3 Å². The standard InChI is InChI=1S/C13H15NO3/c1-2-17-13(16)14-9-11(15)8-12(14)10-6-4-3-5-7-10/h3-7,12H,2,8-9H2,1H3/t12-/m1/s1. The Morgan fingerprint density at radius 2 is 2.12 bits per heavy atom. The molecule has 1 aromatic rings. The third kappa shape index (κ3) is 2.46. The van der Waals surface area contributed by atoms with Crippen molar-refractivity contribution >= 4 is 11.9 Å². The molecule has 0 aromatic heterocycles. The monoisotopic (exact) mass is 233 g/mol. The van der Waals surface area contributed by atoms with E-state index < -0.39 is 6.09 Å². The number of carbonyl (C=O) groups is 2. The van der Waals surface area contributed by atoms with Gasteiger partial charge in [-0.1, -0.05) is 30.3 Å². The van der Waals surface area contributed by atoms with Crippen LogP contribution < -0.4 is 0 Å². The number of hydrogen-bond acceptors (Lipinski definition) is 3. The van der Waals surface area contributed by atoms with Gasteiger partial charge in [0.2, 0.25) is 0 Å². The molecule has 1 saturated heterocycles. The van der Waals surface area contributed by atoms with Gasteiger partial charge in [0.15, 0.2) is 5.78 Å². The first-order valence-corrected chi connectivity index (χ1v) is 5.72. The van der Waals surface area contributed by atoms with E-state index in [1.54, 1.807) is 6.92 Å². The minimum Gasteiger partial charge on any atom is -0.450 e. The van der Waals surface area contributed by atoms with E-state index in [0.717, 1.165) is 5.56 Å². The van der Waals surface area contributed by atoms with Crippen molar-refractivity contribution in [1.82, 2.24) is 4.90 Å². The number of amides is 1. The first-order valence-electron chi connectivity index (χ1n) is 5.72. The summed E-state index contributed by atoms with van der Waals surface area (Å²) in [5.74, 6) is 0.0758. The van der Waals surface area contributed by atoms with Crippen molar-refractivity contribution < 1.29 is 14.3 Å². The fourth-order valence-corrected chi connectivity index (χ4v) is 2.06. The van der Waals surface area contributed by atoms with Crippen molar-refractivity contribution in [3.63, 3.8) is 0 Å². The van der Waals surface area contributed by atoms with Gasteiger partial charge in [-0.15, -0.1) is 0 Å². The summed E-state index contributed by atoms with van der Waals surface area (Å²) in [6, 6.07) is 9.39. The van der Waals surface area contributed by atoms with Crippen molar-refractivity contribution in [2.75, 3.05) is 13.2 Å². The van der Waals surface area contributed by atoms with Gasteiger partial charge < -0.3 is 4.74 Å². The zero-order chi connectivity index (χ0) is 12.3. The van der Waals surface area contributed by atoms with Gasteiger partial charge in [-0.3, -0.25) is 9.69 Å². The van der Waals surface area contributed by atoms with E-state index in [0.29, 0.717) is 13.0 Å². The van der Waals surface area contributed by atoms with E-state index in [1.165, 1.54) is 4.90 Å². The number of rotatable bonds is 2. The molecular formula is C13H15NO3. The fourth-order valence-electron chi connectivity index (χ4n) is 2.06. The lowest BCUT2D eigenvalue weighted by molar-refractivity contribution is -0.116. The maximum Gasteiger partial charge on any atom is 0.410 e. The van der Waals surface area contributed by atoms with Crippen LogP contribution >= 0.6 is 0 Å². The molecule has 1 atom stereocenters. The minimum atomic E-state index is -0.410. The maximum atomic E-state index is 11.7. The smallest absolute Gasteiger partial charge is 0.410 e.